The number of aromatic hydroxyl groups is 1. The molecule has 1 heterocycles. The third-order valence-corrected chi connectivity index (χ3v) is 5.74. The molecule has 3 nitrogen and oxygen atoms in total. The van der Waals surface area contributed by atoms with Gasteiger partial charge >= 0.3 is 11.0 Å². The van der Waals surface area contributed by atoms with Crippen LogP contribution in [0.15, 0.2) is 91.0 Å². The van der Waals surface area contributed by atoms with Gasteiger partial charge in [0.1, 0.15) is 17.1 Å². The van der Waals surface area contributed by atoms with E-state index in [-0.39, 0.29) is 5.88 Å². The van der Waals surface area contributed by atoms with Crippen molar-refractivity contribution in [1.82, 2.24) is 0 Å². The predicted octanol–water partition coefficient (Wildman–Crippen LogP) is 5.03. The summed E-state index contributed by atoms with van der Waals surface area (Å²) in [6.45, 7) is 0.766. The fourth-order valence-electron chi connectivity index (χ4n) is 3.14. The molecule has 0 radical (unpaired) electrons. The third-order valence-electron chi connectivity index (χ3n) is 4.44. The lowest BCUT2D eigenvalue weighted by Crippen LogP contribution is -2.36. The van der Waals surface area contributed by atoms with Crippen LogP contribution in [0.4, 0.5) is 5.13 Å². The van der Waals surface area contributed by atoms with Crippen LogP contribution in [0.2, 0.25) is 0 Å². The quantitative estimate of drug-likeness (QED) is 0.497. The summed E-state index contributed by atoms with van der Waals surface area (Å²) in [5.74, 6) is 0.271. The maximum atomic E-state index is 11.1. The Morgan fingerprint density at radius 3 is 2.00 bits per heavy atom. The lowest BCUT2D eigenvalue weighted by atomic mass is 10.2. The predicted molar refractivity (Wildman–Crippen MR) is 112 cm³/mol. The average molecular weight is 374 g/mol. The van der Waals surface area contributed by atoms with Crippen molar-refractivity contribution in [2.45, 2.75) is 6.54 Å². The molecule has 0 aliphatic rings. The van der Waals surface area contributed by atoms with Gasteiger partial charge in [0.15, 0.2) is 0 Å². The summed E-state index contributed by atoms with van der Waals surface area (Å²) in [5, 5.41) is 12.1. The number of nitrogens with zero attached hydrogens (tertiary/aromatic N) is 2. The van der Waals surface area contributed by atoms with E-state index in [2.05, 4.69) is 36.2 Å². The molecule has 0 amide bonds. The Balaban J connectivity index is 1.82. The molecule has 1 aromatic heterocycles. The van der Waals surface area contributed by atoms with Gasteiger partial charge in [0.05, 0.1) is 7.05 Å². The summed E-state index contributed by atoms with van der Waals surface area (Å²) in [6.07, 6.45) is 0. The van der Waals surface area contributed by atoms with E-state index in [4.69, 9.17) is 0 Å². The first-order valence-electron chi connectivity index (χ1n) is 8.88. The van der Waals surface area contributed by atoms with Crippen LogP contribution in [-0.4, -0.2) is 12.2 Å². The van der Waals surface area contributed by atoms with Crippen LogP contribution in [-0.2, 0) is 6.54 Å². The van der Waals surface area contributed by atoms with Gasteiger partial charge in [0.2, 0.25) is 0 Å². The average Bonchev–Trinajstić information content (AvgIpc) is 3.07. The number of benzene rings is 3. The van der Waals surface area contributed by atoms with Crippen LogP contribution in [0.25, 0.3) is 16.1 Å². The van der Waals surface area contributed by atoms with Crippen molar-refractivity contribution in [1.29, 1.82) is 0 Å². The van der Waals surface area contributed by atoms with Gasteiger partial charge in [-0.25, -0.2) is 0 Å². The highest BCUT2D eigenvalue weighted by molar-refractivity contribution is 7.18. The lowest BCUT2D eigenvalue weighted by Gasteiger charge is -2.11. The van der Waals surface area contributed by atoms with Gasteiger partial charge in [-0.1, -0.05) is 78.9 Å². The first-order valence-corrected chi connectivity index (χ1v) is 9.69. The molecule has 1 N–H and O–H groups in total. The van der Waals surface area contributed by atoms with Crippen LogP contribution in [0.5, 0.6) is 5.88 Å². The maximum Gasteiger partial charge on any atom is 0.344 e. The molecule has 134 valence electrons. The molecule has 0 bridgehead atoms. The first-order chi connectivity index (χ1) is 13.2. The van der Waals surface area contributed by atoms with E-state index in [0.29, 0.717) is 0 Å². The van der Waals surface area contributed by atoms with Gasteiger partial charge < -0.3 is 5.11 Å². The van der Waals surface area contributed by atoms with Gasteiger partial charge in [-0.15, -0.1) is 0 Å². The SMILES string of the molecule is CN(Cc1ccccc1)c1sc(-c2ccccc2)c(O)[n+]1-c1ccccc1. The van der Waals surface area contributed by atoms with Crippen LogP contribution in [0.3, 0.4) is 0 Å². The summed E-state index contributed by atoms with van der Waals surface area (Å²) in [6, 6.07) is 30.4. The molecule has 0 aliphatic carbocycles. The normalized spacial score (nSPS) is 10.7. The van der Waals surface area contributed by atoms with E-state index in [9.17, 15) is 5.11 Å². The zero-order valence-corrected chi connectivity index (χ0v) is 15.9. The Morgan fingerprint density at radius 1 is 0.815 bits per heavy atom. The molecule has 0 saturated carbocycles. The number of rotatable bonds is 5. The fourth-order valence-corrected chi connectivity index (χ4v) is 4.26. The summed E-state index contributed by atoms with van der Waals surface area (Å²) >= 11 is 1.60. The van der Waals surface area contributed by atoms with Crippen molar-refractivity contribution in [2.75, 3.05) is 11.9 Å². The maximum absolute atomic E-state index is 11.1. The van der Waals surface area contributed by atoms with Crippen molar-refractivity contribution in [3.05, 3.63) is 96.6 Å². The largest absolute Gasteiger partial charge is 0.476 e. The highest BCUT2D eigenvalue weighted by atomic mass is 32.1. The van der Waals surface area contributed by atoms with Gasteiger partial charge in [0.25, 0.3) is 0 Å². The molecule has 0 atom stereocenters. The Kier molecular flexibility index (Phi) is 4.90. The molecule has 0 saturated heterocycles. The smallest absolute Gasteiger partial charge is 0.344 e. The Hall–Kier alpha value is -3.11. The molecule has 0 aliphatic heterocycles. The van der Waals surface area contributed by atoms with Crippen LogP contribution in [0.1, 0.15) is 5.56 Å². The second kappa shape index (κ2) is 7.64. The van der Waals surface area contributed by atoms with Gasteiger partial charge in [-0.3, -0.25) is 4.90 Å². The van der Waals surface area contributed by atoms with Crippen LogP contribution >= 0.6 is 11.3 Å². The summed E-state index contributed by atoms with van der Waals surface area (Å²) in [7, 11) is 2.06. The van der Waals surface area contributed by atoms with Crippen molar-refractivity contribution in [2.24, 2.45) is 0 Å². The number of hydrogen-bond donors (Lipinski definition) is 1. The van der Waals surface area contributed by atoms with Crippen LogP contribution in [0, 0.1) is 0 Å². The Bertz CT molecular complexity index is 1010. The van der Waals surface area contributed by atoms with Crippen molar-refractivity contribution in [3.8, 4) is 22.0 Å². The number of aromatic nitrogens is 1. The van der Waals surface area contributed by atoms with Crippen molar-refractivity contribution < 1.29 is 9.67 Å². The summed E-state index contributed by atoms with van der Waals surface area (Å²) in [4.78, 5) is 3.05. The highest BCUT2D eigenvalue weighted by Crippen LogP contribution is 2.38. The Morgan fingerprint density at radius 2 is 1.37 bits per heavy atom. The number of hydrogen-bond acceptors (Lipinski definition) is 3. The number of thiazole rings is 1. The van der Waals surface area contributed by atoms with Crippen LogP contribution < -0.4 is 9.47 Å². The zero-order valence-electron chi connectivity index (χ0n) is 15.1. The van der Waals surface area contributed by atoms with Gasteiger partial charge in [-0.05, 0) is 34.6 Å². The molecule has 0 unspecified atom stereocenters. The molecule has 3 aromatic carbocycles. The summed E-state index contributed by atoms with van der Waals surface area (Å²) in [5.41, 5.74) is 3.20. The van der Waals surface area contributed by atoms with Crippen molar-refractivity contribution in [3.63, 3.8) is 0 Å². The molecule has 4 heteroatoms. The lowest BCUT2D eigenvalue weighted by molar-refractivity contribution is -0.585. The van der Waals surface area contributed by atoms with Gasteiger partial charge in [-0.2, -0.15) is 4.57 Å². The summed E-state index contributed by atoms with van der Waals surface area (Å²) < 4.78 is 1.93. The minimum Gasteiger partial charge on any atom is -0.476 e. The van der Waals surface area contributed by atoms with E-state index in [0.717, 1.165) is 27.8 Å². The van der Waals surface area contributed by atoms with Crippen molar-refractivity contribution >= 4 is 16.5 Å². The molecule has 0 spiro atoms. The molecule has 4 aromatic rings. The molecular weight excluding hydrogens is 352 g/mol. The second-order valence-corrected chi connectivity index (χ2v) is 7.39. The monoisotopic (exact) mass is 373 g/mol. The van der Waals surface area contributed by atoms with E-state index in [1.165, 1.54) is 5.56 Å². The van der Waals surface area contributed by atoms with E-state index in [1.54, 1.807) is 11.3 Å². The minimum absolute atomic E-state index is 0.271. The second-order valence-electron chi connectivity index (χ2n) is 6.42. The topological polar surface area (TPSA) is 27.3 Å². The molecular formula is C23H21N2OS+. The standard InChI is InChI=1S/C23H20N2OS/c1-24(17-18-11-5-2-6-12-18)23-25(20-15-9-4-10-16-20)22(26)21(27-23)19-13-7-3-8-14-19/h2-16H,17H2,1H3/p+1. The number of para-hydroxylation sites is 1. The highest BCUT2D eigenvalue weighted by Gasteiger charge is 2.29. The first kappa shape index (κ1) is 17.3. The third kappa shape index (κ3) is 3.57. The fraction of sp³-hybridized carbons (Fsp3) is 0.0870. The zero-order chi connectivity index (χ0) is 18.6. The van der Waals surface area contributed by atoms with E-state index < -0.39 is 0 Å². The van der Waals surface area contributed by atoms with Gasteiger partial charge in [0, 0.05) is 0 Å². The molecule has 27 heavy (non-hydrogen) atoms. The molecule has 4 rings (SSSR count). The van der Waals surface area contributed by atoms with E-state index in [1.807, 2.05) is 71.3 Å². The number of anilines is 1. The Labute approximate surface area is 163 Å². The van der Waals surface area contributed by atoms with E-state index >= 15 is 0 Å². The molecule has 0 fully saturated rings. The minimum atomic E-state index is 0.271.